The molecule has 5 aliphatic rings. The molecular weight excluding hydrogens is 624 g/mol. The van der Waals surface area contributed by atoms with Crippen LogP contribution < -0.4 is 5.32 Å². The van der Waals surface area contributed by atoms with Gasteiger partial charge < -0.3 is 19.4 Å². The molecule has 0 saturated heterocycles. The second kappa shape index (κ2) is 13.1. The van der Waals surface area contributed by atoms with E-state index in [1.807, 2.05) is 11.0 Å². The first-order valence-corrected chi connectivity index (χ1v) is 19.9. The number of nitrogens with one attached hydrogen (secondary N) is 1. The van der Waals surface area contributed by atoms with Gasteiger partial charge in [-0.2, -0.15) is 0 Å². The summed E-state index contributed by atoms with van der Waals surface area (Å²) in [6, 6.07) is 1.91. The van der Waals surface area contributed by atoms with Gasteiger partial charge in [0.25, 0.3) is 0 Å². The SMILES string of the molecule is CCCCNC(=O)CN(Cc1ccoc1)C(=O)[C@]12CCC(C)(C)C[C@H]1C1=CC[C@@H]3[C@@]4(C)CC[C@H](OC(C)=O)C(C)(C)[C@@H]4CC[C@@]3(C)[C@]1(C)CC2. The first-order chi connectivity index (χ1) is 23.4. The summed E-state index contributed by atoms with van der Waals surface area (Å²) in [5, 5.41) is 3.07. The molecule has 0 aliphatic heterocycles. The summed E-state index contributed by atoms with van der Waals surface area (Å²) in [4.78, 5) is 42.5. The van der Waals surface area contributed by atoms with Crippen LogP contribution in [-0.2, 0) is 25.7 Å². The topological polar surface area (TPSA) is 88.8 Å². The van der Waals surface area contributed by atoms with Crippen LogP contribution in [0.2, 0.25) is 0 Å². The van der Waals surface area contributed by atoms with Gasteiger partial charge in [0.1, 0.15) is 6.10 Å². The third-order valence-electron chi connectivity index (χ3n) is 15.7. The van der Waals surface area contributed by atoms with Crippen LogP contribution in [0.4, 0.5) is 0 Å². The number of hydrogen-bond acceptors (Lipinski definition) is 5. The van der Waals surface area contributed by atoms with Crippen LogP contribution in [0.3, 0.4) is 0 Å². The van der Waals surface area contributed by atoms with Crippen molar-refractivity contribution in [2.45, 2.75) is 152 Å². The van der Waals surface area contributed by atoms with Gasteiger partial charge in [-0.05, 0) is 116 Å². The van der Waals surface area contributed by atoms with Gasteiger partial charge in [-0.3, -0.25) is 14.4 Å². The summed E-state index contributed by atoms with van der Waals surface area (Å²) in [6.45, 7) is 22.0. The maximum absolute atomic E-state index is 15.3. The Balaban J connectivity index is 1.35. The second-order valence-corrected chi connectivity index (χ2v) is 19.3. The van der Waals surface area contributed by atoms with Crippen LogP contribution in [0.25, 0.3) is 0 Å². The summed E-state index contributed by atoms with van der Waals surface area (Å²) in [5.41, 5.74) is 2.27. The fourth-order valence-electron chi connectivity index (χ4n) is 12.8. The van der Waals surface area contributed by atoms with Gasteiger partial charge in [-0.25, -0.2) is 0 Å². The molecule has 8 atom stereocenters. The molecule has 4 saturated carbocycles. The van der Waals surface area contributed by atoms with Gasteiger partial charge in [0.2, 0.25) is 11.8 Å². The number of carbonyl (C=O) groups is 3. The molecule has 2 amide bonds. The van der Waals surface area contributed by atoms with E-state index in [2.05, 4.69) is 66.8 Å². The number of allylic oxidation sites excluding steroid dienone is 2. The van der Waals surface area contributed by atoms with E-state index in [0.717, 1.165) is 82.6 Å². The quantitative estimate of drug-likeness (QED) is 0.159. The zero-order valence-electron chi connectivity index (χ0n) is 32.7. The summed E-state index contributed by atoms with van der Waals surface area (Å²) >= 11 is 0. The van der Waals surface area contributed by atoms with E-state index in [0.29, 0.717) is 24.9 Å². The molecule has 4 fully saturated rings. The molecule has 1 aromatic heterocycles. The fourth-order valence-corrected chi connectivity index (χ4v) is 12.8. The molecule has 5 aliphatic carbocycles. The van der Waals surface area contributed by atoms with Crippen molar-refractivity contribution in [1.29, 1.82) is 0 Å². The highest BCUT2D eigenvalue weighted by molar-refractivity contribution is 5.89. The summed E-state index contributed by atoms with van der Waals surface area (Å²) < 4.78 is 11.4. The molecule has 278 valence electrons. The lowest BCUT2D eigenvalue weighted by atomic mass is 9.33. The third kappa shape index (κ3) is 5.98. The number of rotatable bonds is 9. The zero-order chi connectivity index (χ0) is 36.3. The maximum atomic E-state index is 15.3. The fraction of sp³-hybridized carbons (Fsp3) is 0.791. The highest BCUT2D eigenvalue weighted by Gasteiger charge is 2.69. The molecule has 1 aromatic rings. The molecular formula is C43H66N2O5. The zero-order valence-corrected chi connectivity index (χ0v) is 32.7. The van der Waals surface area contributed by atoms with E-state index in [1.54, 1.807) is 19.5 Å². The van der Waals surface area contributed by atoms with Crippen LogP contribution in [0.15, 0.2) is 34.7 Å². The van der Waals surface area contributed by atoms with E-state index in [-0.39, 0.29) is 63.4 Å². The van der Waals surface area contributed by atoms with Crippen molar-refractivity contribution >= 4 is 17.8 Å². The molecule has 1 N–H and O–H groups in total. The molecule has 0 spiro atoms. The average Bonchev–Trinajstić information content (AvgIpc) is 3.55. The van der Waals surface area contributed by atoms with Crippen molar-refractivity contribution in [1.82, 2.24) is 10.2 Å². The highest BCUT2D eigenvalue weighted by atomic mass is 16.5. The first kappa shape index (κ1) is 37.2. The lowest BCUT2D eigenvalue weighted by Crippen LogP contribution is -2.65. The number of ether oxygens (including phenoxy) is 1. The van der Waals surface area contributed by atoms with Gasteiger partial charge in [0.15, 0.2) is 0 Å². The summed E-state index contributed by atoms with van der Waals surface area (Å²) in [5.74, 6) is 1.09. The number of nitrogens with zero attached hydrogens (tertiary/aromatic N) is 1. The number of furan rings is 1. The molecule has 0 aromatic carbocycles. The van der Waals surface area contributed by atoms with E-state index < -0.39 is 5.41 Å². The van der Waals surface area contributed by atoms with E-state index in [1.165, 1.54) is 5.57 Å². The van der Waals surface area contributed by atoms with Crippen molar-refractivity contribution in [2.75, 3.05) is 13.1 Å². The Labute approximate surface area is 302 Å². The minimum Gasteiger partial charge on any atom is -0.472 e. The molecule has 0 unspecified atom stereocenters. The molecule has 6 rings (SSSR count). The smallest absolute Gasteiger partial charge is 0.302 e. The van der Waals surface area contributed by atoms with Crippen LogP contribution in [-0.4, -0.2) is 41.9 Å². The minimum absolute atomic E-state index is 0.00441. The maximum Gasteiger partial charge on any atom is 0.302 e. The van der Waals surface area contributed by atoms with E-state index in [4.69, 9.17) is 9.15 Å². The predicted octanol–water partition coefficient (Wildman–Crippen LogP) is 9.26. The third-order valence-corrected chi connectivity index (χ3v) is 15.7. The normalized spacial score (nSPS) is 38.3. The van der Waals surface area contributed by atoms with E-state index in [9.17, 15) is 9.59 Å². The van der Waals surface area contributed by atoms with Crippen LogP contribution in [0.1, 0.15) is 145 Å². The summed E-state index contributed by atoms with van der Waals surface area (Å²) in [6.07, 6.45) is 18.0. The van der Waals surface area contributed by atoms with Gasteiger partial charge in [0, 0.05) is 31.0 Å². The van der Waals surface area contributed by atoms with Crippen molar-refractivity contribution in [3.8, 4) is 0 Å². The Kier molecular flexibility index (Phi) is 9.77. The number of carbonyl (C=O) groups excluding carboxylic acids is 3. The predicted molar refractivity (Wildman–Crippen MR) is 197 cm³/mol. The molecule has 50 heavy (non-hydrogen) atoms. The standard InChI is InChI=1S/C43H66N2O5/c1-10-11-23-44-36(47)27-45(26-30-16-24-49-28-30)37(48)43-21-19-38(3,4)25-32(43)31-12-13-34-40(7)17-15-35(50-29(2)46)39(5,6)33(40)14-18-42(34,9)41(31,8)20-22-43/h12,16,24,28,32-35H,10-11,13-15,17-23,25-27H2,1-9H3,(H,44,47)/t32-,33-,34+,35-,40-,41+,42+,43-/m0/s1. The van der Waals surface area contributed by atoms with Crippen LogP contribution >= 0.6 is 0 Å². The van der Waals surface area contributed by atoms with E-state index >= 15 is 4.79 Å². The number of amides is 2. The van der Waals surface area contributed by atoms with Gasteiger partial charge in [0.05, 0.1) is 24.5 Å². The van der Waals surface area contributed by atoms with Crippen LogP contribution in [0, 0.1) is 50.2 Å². The Morgan fingerprint density at radius 1 is 0.960 bits per heavy atom. The average molecular weight is 691 g/mol. The largest absolute Gasteiger partial charge is 0.472 e. The van der Waals surface area contributed by atoms with Crippen molar-refractivity contribution in [3.63, 3.8) is 0 Å². The monoisotopic (exact) mass is 690 g/mol. The number of unbranched alkanes of at least 4 members (excludes halogenated alkanes) is 1. The van der Waals surface area contributed by atoms with Gasteiger partial charge in [-0.1, -0.05) is 73.5 Å². The Bertz CT molecular complexity index is 1480. The first-order valence-electron chi connectivity index (χ1n) is 19.9. The number of fused-ring (bicyclic) bond motifs is 7. The molecule has 7 nitrogen and oxygen atoms in total. The van der Waals surface area contributed by atoms with Crippen molar-refractivity contribution in [2.24, 2.45) is 50.2 Å². The molecule has 0 radical (unpaired) electrons. The minimum atomic E-state index is -0.511. The lowest BCUT2D eigenvalue weighted by Gasteiger charge is -2.71. The van der Waals surface area contributed by atoms with Gasteiger partial charge in [-0.15, -0.1) is 0 Å². The Morgan fingerprint density at radius 3 is 2.38 bits per heavy atom. The Hall–Kier alpha value is -2.57. The molecule has 0 bridgehead atoms. The van der Waals surface area contributed by atoms with Crippen molar-refractivity contribution in [3.05, 3.63) is 35.8 Å². The van der Waals surface area contributed by atoms with Crippen LogP contribution in [0.5, 0.6) is 0 Å². The molecule has 7 heteroatoms. The number of esters is 1. The Morgan fingerprint density at radius 2 is 1.70 bits per heavy atom. The van der Waals surface area contributed by atoms with Crippen molar-refractivity contribution < 1.29 is 23.5 Å². The van der Waals surface area contributed by atoms with Gasteiger partial charge >= 0.3 is 5.97 Å². The molecule has 1 heterocycles. The highest BCUT2D eigenvalue weighted by Crippen LogP contribution is 2.76. The lowest BCUT2D eigenvalue weighted by molar-refractivity contribution is -0.212. The summed E-state index contributed by atoms with van der Waals surface area (Å²) in [7, 11) is 0. The second-order valence-electron chi connectivity index (χ2n) is 19.3. The number of hydrogen-bond donors (Lipinski definition) is 1.